The fourth-order valence-electron chi connectivity index (χ4n) is 2.22. The number of nitrogen functional groups attached to an aromatic ring is 1. The molecule has 1 aliphatic heterocycles. The molecule has 0 unspecified atom stereocenters. The van der Waals surface area contributed by atoms with Gasteiger partial charge >= 0.3 is 0 Å². The normalized spacial score (nSPS) is 13.1. The van der Waals surface area contributed by atoms with Crippen LogP contribution in [0.5, 0.6) is 5.75 Å². The Morgan fingerprint density at radius 1 is 1.30 bits per heavy atom. The van der Waals surface area contributed by atoms with Crippen LogP contribution in [0.15, 0.2) is 24.3 Å². The van der Waals surface area contributed by atoms with Crippen molar-refractivity contribution in [3.05, 3.63) is 35.5 Å². The predicted molar refractivity (Wildman–Crippen MR) is 81.4 cm³/mol. The molecule has 5 nitrogen and oxygen atoms in total. The molecule has 20 heavy (non-hydrogen) atoms. The van der Waals surface area contributed by atoms with E-state index in [9.17, 15) is 0 Å². The van der Waals surface area contributed by atoms with E-state index in [4.69, 9.17) is 10.6 Å². The molecule has 3 N–H and O–H groups in total. The van der Waals surface area contributed by atoms with Gasteiger partial charge in [-0.25, -0.2) is 15.8 Å². The van der Waals surface area contributed by atoms with E-state index in [0.717, 1.165) is 34.1 Å². The summed E-state index contributed by atoms with van der Waals surface area (Å²) in [4.78, 5) is 9.20. The van der Waals surface area contributed by atoms with Gasteiger partial charge < -0.3 is 10.2 Å². The molecule has 1 aromatic carbocycles. The van der Waals surface area contributed by atoms with Crippen LogP contribution in [0.4, 0.5) is 5.82 Å². The number of hydrazine groups is 1. The second-order valence-corrected chi connectivity index (χ2v) is 5.37. The van der Waals surface area contributed by atoms with Gasteiger partial charge in [-0.1, -0.05) is 12.1 Å². The fourth-order valence-corrected chi connectivity index (χ4v) is 3.27. The molecule has 0 atom stereocenters. The zero-order valence-corrected chi connectivity index (χ0v) is 12.0. The molecule has 0 amide bonds. The first-order chi connectivity index (χ1) is 9.83. The minimum atomic E-state index is 0.611. The van der Waals surface area contributed by atoms with Crippen LogP contribution in [0.1, 0.15) is 18.2 Å². The summed E-state index contributed by atoms with van der Waals surface area (Å²) in [5.41, 5.74) is 5.74. The van der Waals surface area contributed by atoms with Crippen LogP contribution in [0, 0.1) is 0 Å². The van der Waals surface area contributed by atoms with Crippen molar-refractivity contribution in [2.24, 2.45) is 5.84 Å². The van der Waals surface area contributed by atoms with Gasteiger partial charge in [-0.15, -0.1) is 0 Å². The summed E-state index contributed by atoms with van der Waals surface area (Å²) in [7, 11) is 0. The smallest absolute Gasteiger partial charge is 0.165 e. The van der Waals surface area contributed by atoms with Crippen LogP contribution >= 0.6 is 11.8 Å². The Labute approximate surface area is 121 Å². The van der Waals surface area contributed by atoms with Crippen molar-refractivity contribution in [3.63, 3.8) is 0 Å². The summed E-state index contributed by atoms with van der Waals surface area (Å²) < 4.78 is 5.65. The summed E-state index contributed by atoms with van der Waals surface area (Å²) in [5.74, 6) is 9.55. The molecule has 2 aromatic rings. The number of nitrogens with two attached hydrogens (primary N) is 1. The van der Waals surface area contributed by atoms with E-state index in [1.165, 1.54) is 0 Å². The van der Waals surface area contributed by atoms with E-state index in [2.05, 4.69) is 15.4 Å². The number of hydrogen-bond acceptors (Lipinski definition) is 6. The zero-order chi connectivity index (χ0) is 13.9. The van der Waals surface area contributed by atoms with Crippen molar-refractivity contribution in [1.82, 2.24) is 9.97 Å². The number of benzene rings is 1. The topological polar surface area (TPSA) is 73.1 Å². The third kappa shape index (κ3) is 2.32. The maximum atomic E-state index is 5.65. The Kier molecular flexibility index (Phi) is 3.75. The average molecular weight is 288 g/mol. The van der Waals surface area contributed by atoms with E-state index in [1.54, 1.807) is 0 Å². The number of hydrogen-bond donors (Lipinski definition) is 2. The largest absolute Gasteiger partial charge is 0.493 e. The molecular formula is C14H16N4OS. The Morgan fingerprint density at radius 3 is 2.95 bits per heavy atom. The molecule has 0 fully saturated rings. The number of ether oxygens (including phenoxy) is 1. The van der Waals surface area contributed by atoms with Gasteiger partial charge in [0.25, 0.3) is 0 Å². The highest BCUT2D eigenvalue weighted by molar-refractivity contribution is 7.98. The van der Waals surface area contributed by atoms with Gasteiger partial charge in [-0.3, -0.25) is 0 Å². The number of fused-ring (bicyclic) bond motifs is 1. The second kappa shape index (κ2) is 5.68. The Hall–Kier alpha value is -1.79. The molecule has 0 bridgehead atoms. The number of para-hydroxylation sites is 1. The maximum absolute atomic E-state index is 5.65. The van der Waals surface area contributed by atoms with Crippen LogP contribution in [0.25, 0.3) is 11.4 Å². The van der Waals surface area contributed by atoms with Crippen molar-refractivity contribution in [1.29, 1.82) is 0 Å². The molecule has 2 heterocycles. The van der Waals surface area contributed by atoms with Crippen LogP contribution in [-0.4, -0.2) is 16.6 Å². The fraction of sp³-hybridized carbons (Fsp3) is 0.286. The SMILES string of the molecule is CCOc1ccccc1-c1nc2c(c(NN)n1)CSC2. The molecule has 1 aromatic heterocycles. The number of nitrogens with one attached hydrogen (secondary N) is 1. The van der Waals surface area contributed by atoms with Gasteiger partial charge in [0, 0.05) is 17.1 Å². The highest BCUT2D eigenvalue weighted by Gasteiger charge is 2.21. The highest BCUT2D eigenvalue weighted by atomic mass is 32.2. The number of rotatable bonds is 4. The van der Waals surface area contributed by atoms with Gasteiger partial charge in [0.15, 0.2) is 5.82 Å². The summed E-state index contributed by atoms with van der Waals surface area (Å²) in [5, 5.41) is 0. The quantitative estimate of drug-likeness (QED) is 0.665. The monoisotopic (exact) mass is 288 g/mol. The molecule has 0 radical (unpaired) electrons. The Bertz CT molecular complexity index is 633. The van der Waals surface area contributed by atoms with Crippen LogP contribution in [-0.2, 0) is 11.5 Å². The summed E-state index contributed by atoms with van der Waals surface area (Å²) in [6, 6.07) is 7.80. The van der Waals surface area contributed by atoms with Crippen molar-refractivity contribution >= 4 is 17.6 Å². The first kappa shape index (κ1) is 13.2. The average Bonchev–Trinajstić information content (AvgIpc) is 2.95. The van der Waals surface area contributed by atoms with Crippen molar-refractivity contribution < 1.29 is 4.74 Å². The zero-order valence-electron chi connectivity index (χ0n) is 11.2. The lowest BCUT2D eigenvalue weighted by atomic mass is 10.1. The molecule has 0 saturated heterocycles. The molecule has 0 aliphatic carbocycles. The van der Waals surface area contributed by atoms with E-state index in [0.29, 0.717) is 18.2 Å². The predicted octanol–water partition coefficient (Wildman–Crippen LogP) is 2.57. The van der Waals surface area contributed by atoms with Crippen LogP contribution in [0.2, 0.25) is 0 Å². The summed E-state index contributed by atoms with van der Waals surface area (Å²) in [6.07, 6.45) is 0. The maximum Gasteiger partial charge on any atom is 0.165 e. The first-order valence-corrected chi connectivity index (χ1v) is 7.65. The standard InChI is InChI=1S/C14H16N4OS/c1-2-19-12-6-4-3-5-9(12)13-16-11-8-20-7-10(11)14(17-13)18-15/h3-6H,2,7-8,15H2,1H3,(H,16,17,18). The molecule has 0 spiro atoms. The minimum Gasteiger partial charge on any atom is -0.493 e. The van der Waals surface area contributed by atoms with Crippen molar-refractivity contribution in [2.75, 3.05) is 12.0 Å². The van der Waals surface area contributed by atoms with E-state index >= 15 is 0 Å². The van der Waals surface area contributed by atoms with E-state index < -0.39 is 0 Å². The van der Waals surface area contributed by atoms with Gasteiger partial charge in [-0.2, -0.15) is 11.8 Å². The van der Waals surface area contributed by atoms with Gasteiger partial charge in [-0.05, 0) is 19.1 Å². The molecular weight excluding hydrogens is 272 g/mol. The number of anilines is 1. The number of nitrogens with zero attached hydrogens (tertiary/aromatic N) is 2. The lowest BCUT2D eigenvalue weighted by Gasteiger charge is -2.12. The van der Waals surface area contributed by atoms with Crippen LogP contribution < -0.4 is 16.0 Å². The number of thioether (sulfide) groups is 1. The molecule has 1 aliphatic rings. The van der Waals surface area contributed by atoms with E-state index in [-0.39, 0.29) is 0 Å². The van der Waals surface area contributed by atoms with Gasteiger partial charge in [0.2, 0.25) is 0 Å². The summed E-state index contributed by atoms with van der Waals surface area (Å²) in [6.45, 7) is 2.57. The van der Waals surface area contributed by atoms with Gasteiger partial charge in [0.05, 0.1) is 17.9 Å². The molecule has 6 heteroatoms. The third-order valence-electron chi connectivity index (χ3n) is 3.14. The lowest BCUT2D eigenvalue weighted by molar-refractivity contribution is 0.341. The molecule has 3 rings (SSSR count). The van der Waals surface area contributed by atoms with Crippen molar-refractivity contribution in [2.45, 2.75) is 18.4 Å². The third-order valence-corrected chi connectivity index (χ3v) is 4.11. The minimum absolute atomic E-state index is 0.611. The Morgan fingerprint density at radius 2 is 2.15 bits per heavy atom. The molecule has 0 saturated carbocycles. The highest BCUT2D eigenvalue weighted by Crippen LogP contribution is 2.35. The summed E-state index contributed by atoms with van der Waals surface area (Å²) >= 11 is 1.82. The first-order valence-electron chi connectivity index (χ1n) is 6.49. The molecule has 104 valence electrons. The van der Waals surface area contributed by atoms with Crippen molar-refractivity contribution in [3.8, 4) is 17.1 Å². The number of aromatic nitrogens is 2. The Balaban J connectivity index is 2.11. The van der Waals surface area contributed by atoms with E-state index in [1.807, 2.05) is 43.0 Å². The lowest BCUT2D eigenvalue weighted by Crippen LogP contribution is -2.13. The van der Waals surface area contributed by atoms with Gasteiger partial charge in [0.1, 0.15) is 11.6 Å². The van der Waals surface area contributed by atoms with Crippen LogP contribution in [0.3, 0.4) is 0 Å². The second-order valence-electron chi connectivity index (χ2n) is 4.39.